The average molecular weight is 464 g/mol. The van der Waals surface area contributed by atoms with Gasteiger partial charge in [-0.3, -0.25) is 4.79 Å². The summed E-state index contributed by atoms with van der Waals surface area (Å²) in [4.78, 5) is 21.4. The van der Waals surface area contributed by atoms with Crippen LogP contribution in [0.15, 0.2) is 112 Å². The fourth-order valence-electron chi connectivity index (χ4n) is 4.44. The van der Waals surface area contributed by atoms with E-state index in [1.54, 1.807) is 6.34 Å². The zero-order chi connectivity index (χ0) is 24.0. The highest BCUT2D eigenvalue weighted by atomic mass is 16.5. The summed E-state index contributed by atoms with van der Waals surface area (Å²) in [6.45, 7) is 2.55. The molecule has 5 rings (SSSR count). The lowest BCUT2D eigenvalue weighted by molar-refractivity contribution is -0.114. The van der Waals surface area contributed by atoms with Crippen LogP contribution in [0.2, 0.25) is 0 Å². The van der Waals surface area contributed by atoms with Crippen molar-refractivity contribution in [3.8, 4) is 0 Å². The van der Waals surface area contributed by atoms with Crippen molar-refractivity contribution >= 4 is 17.8 Å². The first-order chi connectivity index (χ1) is 17.2. The molecule has 0 bridgehead atoms. The molecule has 1 fully saturated rings. The highest BCUT2D eigenvalue weighted by Crippen LogP contribution is 2.30. The molecule has 2 aromatic carbocycles. The molecule has 2 atom stereocenters. The number of aliphatic imine (C=N–C) groups is 2. The van der Waals surface area contributed by atoms with E-state index in [0.717, 1.165) is 46.5 Å². The van der Waals surface area contributed by atoms with Gasteiger partial charge in [0.25, 0.3) is 0 Å². The maximum Gasteiger partial charge on any atom is 0.163 e. The van der Waals surface area contributed by atoms with Crippen LogP contribution in [0.1, 0.15) is 36.0 Å². The zero-order valence-corrected chi connectivity index (χ0v) is 19.9. The van der Waals surface area contributed by atoms with Crippen molar-refractivity contribution in [2.75, 3.05) is 0 Å². The van der Waals surface area contributed by atoms with Gasteiger partial charge in [-0.15, -0.1) is 0 Å². The number of carbonyl (C=O) groups excluding carboxylic acids is 1. The largest absolute Gasteiger partial charge is 0.363 e. The third-order valence-corrected chi connectivity index (χ3v) is 6.35. The van der Waals surface area contributed by atoms with Crippen LogP contribution in [0.4, 0.5) is 0 Å². The Kier molecular flexibility index (Phi) is 6.96. The molecule has 5 nitrogen and oxygen atoms in total. The second kappa shape index (κ2) is 10.6. The molecule has 0 radical (unpaired) electrons. The van der Waals surface area contributed by atoms with Crippen molar-refractivity contribution in [2.24, 2.45) is 9.98 Å². The minimum Gasteiger partial charge on any atom is -0.363 e. The topological polar surface area (TPSA) is 63.0 Å². The quantitative estimate of drug-likeness (QED) is 0.585. The van der Waals surface area contributed by atoms with E-state index < -0.39 is 0 Å². The van der Waals surface area contributed by atoms with Gasteiger partial charge in [-0.1, -0.05) is 72.3 Å². The number of carbonyl (C=O) groups is 1. The molecule has 176 valence electrons. The smallest absolute Gasteiger partial charge is 0.163 e. The number of nitrogens with zero attached hydrogens (tertiary/aromatic N) is 2. The van der Waals surface area contributed by atoms with E-state index in [2.05, 4.69) is 65.8 Å². The van der Waals surface area contributed by atoms with Crippen molar-refractivity contribution in [3.63, 3.8) is 0 Å². The Hall–Kier alpha value is -3.83. The van der Waals surface area contributed by atoms with Gasteiger partial charge in [0.15, 0.2) is 5.78 Å². The van der Waals surface area contributed by atoms with E-state index in [4.69, 9.17) is 9.73 Å². The first-order valence-electron chi connectivity index (χ1n) is 12.1. The molecule has 0 aromatic heterocycles. The molecule has 0 spiro atoms. The van der Waals surface area contributed by atoms with E-state index in [0.29, 0.717) is 13.0 Å². The number of ether oxygens (including phenoxy) is 1. The van der Waals surface area contributed by atoms with Crippen molar-refractivity contribution in [1.29, 1.82) is 0 Å². The molecule has 2 unspecified atom stereocenters. The van der Waals surface area contributed by atoms with Crippen molar-refractivity contribution in [1.82, 2.24) is 5.32 Å². The van der Waals surface area contributed by atoms with Gasteiger partial charge in [0, 0.05) is 17.7 Å². The van der Waals surface area contributed by atoms with Gasteiger partial charge in [-0.2, -0.15) is 0 Å². The van der Waals surface area contributed by atoms with Crippen molar-refractivity contribution in [3.05, 3.63) is 119 Å². The van der Waals surface area contributed by atoms with Crippen LogP contribution in [0, 0.1) is 6.92 Å². The monoisotopic (exact) mass is 463 g/mol. The van der Waals surface area contributed by atoms with Crippen LogP contribution in [0.5, 0.6) is 0 Å². The lowest BCUT2D eigenvalue weighted by atomic mass is 10.0. The Bertz CT molecular complexity index is 1260. The number of hydrogen-bond donors (Lipinski definition) is 1. The minimum absolute atomic E-state index is 0.242. The number of nitrogens with one attached hydrogen (secondary N) is 1. The number of benzene rings is 2. The van der Waals surface area contributed by atoms with E-state index >= 15 is 0 Å². The predicted octanol–water partition coefficient (Wildman–Crippen LogP) is 5.39. The molecule has 5 heteroatoms. The van der Waals surface area contributed by atoms with Gasteiger partial charge in [-0.05, 0) is 54.7 Å². The number of rotatable bonds is 6. The molecule has 2 aliphatic carbocycles. The summed E-state index contributed by atoms with van der Waals surface area (Å²) in [7, 11) is 0. The summed E-state index contributed by atoms with van der Waals surface area (Å²) in [5, 5.41) is 3.48. The van der Waals surface area contributed by atoms with Gasteiger partial charge >= 0.3 is 0 Å². The van der Waals surface area contributed by atoms with E-state index in [-0.39, 0.29) is 18.1 Å². The third-order valence-electron chi connectivity index (χ3n) is 6.35. The van der Waals surface area contributed by atoms with Gasteiger partial charge in [0.2, 0.25) is 0 Å². The number of allylic oxidation sites excluding steroid dienone is 5. The molecular weight excluding hydrogens is 434 g/mol. The molecule has 35 heavy (non-hydrogen) atoms. The van der Waals surface area contributed by atoms with Gasteiger partial charge in [0.05, 0.1) is 12.3 Å². The number of aryl methyl sites for hydroxylation is 1. The molecule has 1 N–H and O–H groups in total. The fraction of sp³-hybridized carbons (Fsp3) is 0.233. The highest BCUT2D eigenvalue weighted by molar-refractivity contribution is 6.08. The normalized spacial score (nSPS) is 22.6. The lowest BCUT2D eigenvalue weighted by Gasteiger charge is -2.21. The summed E-state index contributed by atoms with van der Waals surface area (Å²) >= 11 is 0. The molecule has 1 aliphatic heterocycles. The van der Waals surface area contributed by atoms with Crippen molar-refractivity contribution in [2.45, 2.75) is 45.1 Å². The number of hydrogen-bond acceptors (Lipinski definition) is 5. The summed E-state index contributed by atoms with van der Waals surface area (Å²) in [6, 6.07) is 18.5. The summed E-state index contributed by atoms with van der Waals surface area (Å²) < 4.78 is 6.35. The summed E-state index contributed by atoms with van der Waals surface area (Å²) in [5.74, 6) is 0.242. The minimum atomic E-state index is -0.323. The van der Waals surface area contributed by atoms with Gasteiger partial charge in [0.1, 0.15) is 18.6 Å². The summed E-state index contributed by atoms with van der Waals surface area (Å²) in [6.07, 6.45) is 13.4. The first-order valence-corrected chi connectivity index (χ1v) is 12.1. The number of Topliss-reactive ketones (excluding diaryl/α,β-unsaturated/α-hetero) is 1. The Morgan fingerprint density at radius 1 is 1.00 bits per heavy atom. The standard InChI is InChI=1S/C30H29N3O2/c1-21-10-12-23(13-11-21)30-28(35-19-22-6-3-2-4-7-22)16-17-29(31-20-32-30)33-25-8-5-9-26-24(18-25)14-15-27(26)34/h2-4,6-13,16-18,20,28-29,33H,5,14-15,19H2,1H3/b17-16?,31-20-,32-30?. The average Bonchev–Trinajstić information content (AvgIpc) is 3.07. The molecule has 0 saturated heterocycles. The maximum absolute atomic E-state index is 12.1. The highest BCUT2D eigenvalue weighted by Gasteiger charge is 2.24. The van der Waals surface area contributed by atoms with Crippen LogP contribution in [0.25, 0.3) is 0 Å². The Balaban J connectivity index is 1.37. The molecule has 3 aliphatic rings. The van der Waals surface area contributed by atoms with E-state index in [1.165, 1.54) is 5.56 Å². The molecule has 1 heterocycles. The van der Waals surface area contributed by atoms with E-state index in [1.807, 2.05) is 36.4 Å². The van der Waals surface area contributed by atoms with Crippen LogP contribution in [-0.2, 0) is 16.1 Å². The summed E-state index contributed by atoms with van der Waals surface area (Å²) in [5.41, 5.74) is 7.09. The molecule has 0 amide bonds. The van der Waals surface area contributed by atoms with Crippen LogP contribution in [-0.4, -0.2) is 30.1 Å². The molecule has 2 aromatic rings. The predicted molar refractivity (Wildman–Crippen MR) is 140 cm³/mol. The van der Waals surface area contributed by atoms with Crippen molar-refractivity contribution < 1.29 is 9.53 Å². The lowest BCUT2D eigenvalue weighted by Crippen LogP contribution is -2.29. The molecular formula is C30H29N3O2. The SMILES string of the molecule is Cc1ccc(C2=N/C=N\C(NC3=CCC=C4C(=O)CCC4=C3)C=CC2OCc2ccccc2)cc1. The zero-order valence-electron chi connectivity index (χ0n) is 19.9. The fourth-order valence-corrected chi connectivity index (χ4v) is 4.44. The Labute approximate surface area is 206 Å². The van der Waals surface area contributed by atoms with Crippen LogP contribution in [0.3, 0.4) is 0 Å². The maximum atomic E-state index is 12.1. The Morgan fingerprint density at radius 3 is 2.66 bits per heavy atom. The van der Waals surface area contributed by atoms with Crippen LogP contribution >= 0.6 is 0 Å². The first kappa shape index (κ1) is 22.9. The number of ketones is 1. The second-order valence-corrected chi connectivity index (χ2v) is 8.94. The van der Waals surface area contributed by atoms with E-state index in [9.17, 15) is 4.79 Å². The Morgan fingerprint density at radius 2 is 1.83 bits per heavy atom. The molecule has 1 saturated carbocycles. The second-order valence-electron chi connectivity index (χ2n) is 8.94. The third kappa shape index (κ3) is 5.64. The van der Waals surface area contributed by atoms with Gasteiger partial charge in [-0.25, -0.2) is 9.98 Å². The number of fused-ring (bicyclic) bond motifs is 1. The van der Waals surface area contributed by atoms with Gasteiger partial charge < -0.3 is 10.1 Å². The van der Waals surface area contributed by atoms with Crippen LogP contribution < -0.4 is 5.32 Å².